The van der Waals surface area contributed by atoms with Gasteiger partial charge in [0.05, 0.1) is 25.2 Å². The summed E-state index contributed by atoms with van der Waals surface area (Å²) in [6, 6.07) is 0. The minimum atomic E-state index is -0.410. The number of fused-ring (bicyclic) bond motifs is 7. The number of carbonyl (C=O) groups is 1. The van der Waals surface area contributed by atoms with Crippen molar-refractivity contribution >= 4 is 5.97 Å². The summed E-state index contributed by atoms with van der Waals surface area (Å²) in [5, 5.41) is 21.4. The van der Waals surface area contributed by atoms with Crippen molar-refractivity contribution in [2.75, 3.05) is 13.7 Å². The molecule has 0 aromatic heterocycles. The average Bonchev–Trinajstić information content (AvgIpc) is 3.23. The Kier molecular flexibility index (Phi) is 5.94. The monoisotopic (exact) mass is 486 g/mol. The van der Waals surface area contributed by atoms with Crippen molar-refractivity contribution in [1.82, 2.24) is 0 Å². The molecule has 0 radical (unpaired) electrons. The van der Waals surface area contributed by atoms with Crippen LogP contribution in [0.5, 0.6) is 0 Å². The van der Waals surface area contributed by atoms with Crippen LogP contribution in [0.3, 0.4) is 0 Å². The SMILES string of the molecule is C=C(C)[C@@H]1CCC2(C(=O)OC)CC[C@]3(C)C(CCC4C5(C)CC[C@H](O)[C@@](C)(CO)C5CCC43C)C12. The van der Waals surface area contributed by atoms with Gasteiger partial charge in [-0.1, -0.05) is 39.8 Å². The zero-order valence-corrected chi connectivity index (χ0v) is 23.2. The molecule has 35 heavy (non-hydrogen) atoms. The van der Waals surface area contributed by atoms with Crippen molar-refractivity contribution in [2.45, 2.75) is 105 Å². The molecule has 0 amide bonds. The van der Waals surface area contributed by atoms with E-state index in [-0.39, 0.29) is 34.2 Å². The van der Waals surface area contributed by atoms with Gasteiger partial charge in [-0.3, -0.25) is 4.79 Å². The molecule has 5 rings (SSSR count). The van der Waals surface area contributed by atoms with Crippen molar-refractivity contribution in [3.8, 4) is 0 Å². The molecule has 0 saturated heterocycles. The normalized spacial score (nSPS) is 55.2. The van der Waals surface area contributed by atoms with Gasteiger partial charge in [0, 0.05) is 5.41 Å². The van der Waals surface area contributed by atoms with E-state index in [9.17, 15) is 15.0 Å². The van der Waals surface area contributed by atoms with E-state index in [4.69, 9.17) is 4.74 Å². The maximum absolute atomic E-state index is 13.4. The average molecular weight is 487 g/mol. The van der Waals surface area contributed by atoms with Crippen LogP contribution in [0.2, 0.25) is 0 Å². The third-order valence-corrected chi connectivity index (χ3v) is 13.8. The van der Waals surface area contributed by atoms with Crippen LogP contribution in [0.15, 0.2) is 12.2 Å². The Morgan fingerprint density at radius 2 is 1.63 bits per heavy atom. The number of methoxy groups -OCH3 is 1. The summed E-state index contributed by atoms with van der Waals surface area (Å²) in [4.78, 5) is 13.4. The van der Waals surface area contributed by atoms with Crippen LogP contribution < -0.4 is 0 Å². The van der Waals surface area contributed by atoms with Gasteiger partial charge in [-0.05, 0) is 117 Å². The second kappa shape index (κ2) is 8.06. The van der Waals surface area contributed by atoms with E-state index >= 15 is 0 Å². The lowest BCUT2D eigenvalue weighted by molar-refractivity contribution is -0.254. The molecule has 4 nitrogen and oxygen atoms in total. The van der Waals surface area contributed by atoms with Crippen molar-refractivity contribution in [3.05, 3.63) is 12.2 Å². The van der Waals surface area contributed by atoms with Gasteiger partial charge < -0.3 is 14.9 Å². The highest BCUT2D eigenvalue weighted by Crippen LogP contribution is 2.77. The number of hydrogen-bond donors (Lipinski definition) is 2. The van der Waals surface area contributed by atoms with Gasteiger partial charge in [0.25, 0.3) is 0 Å². The first-order chi connectivity index (χ1) is 16.4. The van der Waals surface area contributed by atoms with E-state index < -0.39 is 11.5 Å². The number of aliphatic hydroxyl groups is 2. The highest BCUT2D eigenvalue weighted by molar-refractivity contribution is 5.78. The topological polar surface area (TPSA) is 66.8 Å². The van der Waals surface area contributed by atoms with Crippen LogP contribution >= 0.6 is 0 Å². The summed E-state index contributed by atoms with van der Waals surface area (Å²) in [5.74, 6) is 2.23. The smallest absolute Gasteiger partial charge is 0.312 e. The summed E-state index contributed by atoms with van der Waals surface area (Å²) >= 11 is 0. The molecule has 0 bridgehead atoms. The van der Waals surface area contributed by atoms with Crippen LogP contribution in [0.4, 0.5) is 0 Å². The third kappa shape index (κ3) is 3.02. The Morgan fingerprint density at radius 3 is 2.26 bits per heavy atom. The highest BCUT2D eigenvalue weighted by atomic mass is 16.5. The number of ether oxygens (including phenoxy) is 1. The number of hydrogen-bond acceptors (Lipinski definition) is 4. The van der Waals surface area contributed by atoms with E-state index in [0.717, 1.165) is 51.4 Å². The molecule has 5 saturated carbocycles. The fourth-order valence-electron chi connectivity index (χ4n) is 11.7. The molecule has 7 unspecified atom stereocenters. The predicted octanol–water partition coefficient (Wildman–Crippen LogP) is 6.15. The first kappa shape index (κ1) is 25.8. The minimum absolute atomic E-state index is 0.0243. The van der Waals surface area contributed by atoms with Gasteiger partial charge >= 0.3 is 5.97 Å². The molecule has 4 heteroatoms. The molecule has 0 aromatic rings. The maximum atomic E-state index is 13.4. The molecule has 5 fully saturated rings. The van der Waals surface area contributed by atoms with E-state index in [2.05, 4.69) is 41.2 Å². The first-order valence-corrected chi connectivity index (χ1v) is 14.4. The van der Waals surface area contributed by atoms with Crippen molar-refractivity contribution in [1.29, 1.82) is 0 Å². The van der Waals surface area contributed by atoms with Gasteiger partial charge in [-0.25, -0.2) is 0 Å². The summed E-state index contributed by atoms with van der Waals surface area (Å²) < 4.78 is 5.48. The lowest BCUT2D eigenvalue weighted by Crippen LogP contribution is -2.67. The van der Waals surface area contributed by atoms with Crippen LogP contribution in [0.1, 0.15) is 98.8 Å². The van der Waals surface area contributed by atoms with Crippen LogP contribution in [0, 0.1) is 56.7 Å². The van der Waals surface area contributed by atoms with Crippen molar-refractivity contribution < 1.29 is 19.7 Å². The van der Waals surface area contributed by atoms with Gasteiger partial charge in [0.2, 0.25) is 0 Å². The number of carbonyl (C=O) groups excluding carboxylic acids is 1. The van der Waals surface area contributed by atoms with Gasteiger partial charge in [-0.15, -0.1) is 0 Å². The number of aliphatic hydroxyl groups excluding tert-OH is 2. The van der Waals surface area contributed by atoms with Gasteiger partial charge in [-0.2, -0.15) is 0 Å². The fourth-order valence-corrected chi connectivity index (χ4v) is 11.7. The Labute approximate surface area is 213 Å². The number of esters is 1. The minimum Gasteiger partial charge on any atom is -0.469 e. The summed E-state index contributed by atoms with van der Waals surface area (Å²) in [6.45, 7) is 16.4. The number of rotatable bonds is 3. The molecule has 0 aliphatic heterocycles. The zero-order chi connectivity index (χ0) is 25.6. The Hall–Kier alpha value is -0.870. The van der Waals surface area contributed by atoms with Gasteiger partial charge in [0.1, 0.15) is 0 Å². The molecule has 0 aromatic carbocycles. The van der Waals surface area contributed by atoms with E-state index in [1.54, 1.807) is 7.11 Å². The van der Waals surface area contributed by atoms with Crippen LogP contribution in [-0.2, 0) is 9.53 Å². The van der Waals surface area contributed by atoms with E-state index in [1.165, 1.54) is 18.4 Å². The molecule has 2 N–H and O–H groups in total. The molecule has 198 valence electrons. The van der Waals surface area contributed by atoms with Crippen LogP contribution in [0.25, 0.3) is 0 Å². The second-order valence-corrected chi connectivity index (χ2v) is 14.6. The van der Waals surface area contributed by atoms with E-state index in [1.807, 2.05) is 0 Å². The summed E-state index contributed by atoms with van der Waals surface area (Å²) in [6.07, 6.45) is 10.1. The first-order valence-electron chi connectivity index (χ1n) is 14.4. The Balaban J connectivity index is 1.56. The standard InChI is InChI=1S/C31H50O4/c1-19(2)20-10-15-31(26(34)35-7)17-16-29(5)21(25(20)31)8-9-23-27(3)13-12-24(33)28(4,18-32)22(27)11-14-30(23,29)6/h20-25,32-33H,1,8-18H2,2-7H3/t20-,21?,22?,23?,24-,25?,27?,28-,29+,30?,31?/m0/s1. The molecule has 5 aliphatic rings. The molecule has 0 heterocycles. The lowest BCUT2D eigenvalue weighted by atomic mass is 9.32. The molecular formula is C31H50O4. The summed E-state index contributed by atoms with van der Waals surface area (Å²) in [7, 11) is 1.58. The highest BCUT2D eigenvalue weighted by Gasteiger charge is 2.72. The Bertz CT molecular complexity index is 898. The molecule has 0 spiro atoms. The van der Waals surface area contributed by atoms with Crippen molar-refractivity contribution in [3.63, 3.8) is 0 Å². The fraction of sp³-hybridized carbons (Fsp3) is 0.903. The Morgan fingerprint density at radius 1 is 0.914 bits per heavy atom. The van der Waals surface area contributed by atoms with Gasteiger partial charge in [0.15, 0.2) is 0 Å². The maximum Gasteiger partial charge on any atom is 0.312 e. The second-order valence-electron chi connectivity index (χ2n) is 14.6. The molecule has 5 aliphatic carbocycles. The zero-order valence-electron chi connectivity index (χ0n) is 23.2. The summed E-state index contributed by atoms with van der Waals surface area (Å²) in [5.41, 5.74) is 1.01. The third-order valence-electron chi connectivity index (χ3n) is 13.8. The largest absolute Gasteiger partial charge is 0.469 e. The van der Waals surface area contributed by atoms with Crippen LogP contribution in [-0.4, -0.2) is 36.0 Å². The molecule has 11 atom stereocenters. The van der Waals surface area contributed by atoms with E-state index in [0.29, 0.717) is 29.6 Å². The predicted molar refractivity (Wildman–Crippen MR) is 138 cm³/mol. The molecular weight excluding hydrogens is 436 g/mol. The van der Waals surface area contributed by atoms with Crippen molar-refractivity contribution in [2.24, 2.45) is 56.7 Å². The lowest BCUT2D eigenvalue weighted by Gasteiger charge is -2.72. The quantitative estimate of drug-likeness (QED) is 0.371. The number of allylic oxidation sites excluding steroid dienone is 1.